The van der Waals surface area contributed by atoms with E-state index in [0.29, 0.717) is 42.4 Å². The van der Waals surface area contributed by atoms with Crippen molar-refractivity contribution in [2.45, 2.75) is 39.8 Å². The number of morpholine rings is 1. The Morgan fingerprint density at radius 3 is 2.71 bits per heavy atom. The molecule has 0 spiro atoms. The van der Waals surface area contributed by atoms with Gasteiger partial charge in [0.25, 0.3) is 0 Å². The van der Waals surface area contributed by atoms with Crippen LogP contribution in [-0.4, -0.2) is 47.1 Å². The molecular weight excluding hydrogens is 432 g/mol. The number of nitrogens with zero attached hydrogens (tertiary/aromatic N) is 3. The fourth-order valence-corrected chi connectivity index (χ4v) is 4.34. The number of nitrogen functional groups attached to an aromatic ring is 1. The topological polar surface area (TPSA) is 111 Å². The van der Waals surface area contributed by atoms with Gasteiger partial charge in [-0.05, 0) is 68.7 Å². The molecule has 4 rings (SSSR count). The van der Waals surface area contributed by atoms with E-state index in [0.717, 1.165) is 22.4 Å². The largest absolute Gasteiger partial charge is 0.507 e. The van der Waals surface area contributed by atoms with Crippen LogP contribution in [-0.2, 0) is 9.47 Å². The van der Waals surface area contributed by atoms with Gasteiger partial charge in [-0.1, -0.05) is 18.2 Å². The van der Waals surface area contributed by atoms with Crippen molar-refractivity contribution in [2.75, 3.05) is 30.4 Å². The highest BCUT2D eigenvalue weighted by atomic mass is 16.5. The maximum absolute atomic E-state index is 12.3. The van der Waals surface area contributed by atoms with Crippen molar-refractivity contribution in [1.82, 2.24) is 10.2 Å². The van der Waals surface area contributed by atoms with Crippen molar-refractivity contribution in [3.8, 4) is 17.0 Å². The van der Waals surface area contributed by atoms with Gasteiger partial charge in [-0.25, -0.2) is 4.79 Å². The summed E-state index contributed by atoms with van der Waals surface area (Å²) in [7, 11) is 0. The number of ether oxygens (including phenoxy) is 2. The Labute approximate surface area is 199 Å². The third kappa shape index (κ3) is 4.54. The number of esters is 1. The third-order valence-corrected chi connectivity index (χ3v) is 6.18. The lowest BCUT2D eigenvalue weighted by atomic mass is 9.95. The molecule has 1 aromatic heterocycles. The molecule has 1 saturated heterocycles. The van der Waals surface area contributed by atoms with Gasteiger partial charge >= 0.3 is 5.97 Å². The van der Waals surface area contributed by atoms with Gasteiger partial charge in [0.2, 0.25) is 0 Å². The molecule has 0 unspecified atom stereocenters. The lowest BCUT2D eigenvalue weighted by molar-refractivity contribution is 0.0211. The zero-order valence-electron chi connectivity index (χ0n) is 19.9. The van der Waals surface area contributed by atoms with Crippen LogP contribution < -0.4 is 10.6 Å². The second-order valence-corrected chi connectivity index (χ2v) is 8.58. The van der Waals surface area contributed by atoms with E-state index in [2.05, 4.69) is 22.0 Å². The van der Waals surface area contributed by atoms with Gasteiger partial charge in [-0.15, -0.1) is 10.2 Å². The Morgan fingerprint density at radius 2 is 1.97 bits per heavy atom. The summed E-state index contributed by atoms with van der Waals surface area (Å²) in [5.74, 6) is 0.132. The second-order valence-electron chi connectivity index (χ2n) is 8.58. The summed E-state index contributed by atoms with van der Waals surface area (Å²) in [5, 5.41) is 18.6. The number of aromatic hydroxyl groups is 1. The van der Waals surface area contributed by atoms with Gasteiger partial charge in [0.1, 0.15) is 11.9 Å². The minimum absolute atomic E-state index is 0.0557. The molecular formula is C26H30N4O4. The van der Waals surface area contributed by atoms with E-state index in [1.807, 2.05) is 38.1 Å². The summed E-state index contributed by atoms with van der Waals surface area (Å²) in [6.07, 6.45) is -0.215. The molecule has 0 bridgehead atoms. The van der Waals surface area contributed by atoms with E-state index < -0.39 is 0 Å². The van der Waals surface area contributed by atoms with Crippen molar-refractivity contribution in [3.05, 3.63) is 64.7 Å². The number of phenolic OH excluding ortho intramolecular Hbond substituents is 1. The van der Waals surface area contributed by atoms with Crippen molar-refractivity contribution in [2.24, 2.45) is 0 Å². The Kier molecular flexibility index (Phi) is 6.70. The van der Waals surface area contributed by atoms with Crippen molar-refractivity contribution < 1.29 is 19.4 Å². The number of carbonyl (C=O) groups is 1. The first-order chi connectivity index (χ1) is 16.3. The normalized spacial score (nSPS) is 18.1. The fraction of sp³-hybridized carbons (Fsp3) is 0.346. The number of rotatable bonds is 5. The molecule has 1 aliphatic heterocycles. The molecule has 178 valence electrons. The van der Waals surface area contributed by atoms with Gasteiger partial charge in [0.05, 0.1) is 30.2 Å². The SMILES string of the molecule is CCOC(=O)c1cc(C)c([C@@H]2CN(c3cc(-c4ccccc4O)nnc3N)[C@H](C)CO2)cc1C. The lowest BCUT2D eigenvalue weighted by Crippen LogP contribution is -2.45. The molecule has 1 fully saturated rings. The standard InChI is InChI=1S/C26H30N4O4/c1-5-33-26(32)20-11-15(2)19(10-16(20)3)24-13-30(17(4)14-34-24)22-12-21(28-29-25(22)27)18-8-6-7-9-23(18)31/h6-12,17,24,31H,5,13-14H2,1-4H3,(H2,27,29)/t17-,24+/m1/s1. The minimum atomic E-state index is -0.318. The van der Waals surface area contributed by atoms with Crippen LogP contribution in [0.15, 0.2) is 42.5 Å². The number of carbonyl (C=O) groups excluding carboxylic acids is 1. The van der Waals surface area contributed by atoms with Gasteiger partial charge in [-0.2, -0.15) is 0 Å². The number of nitrogens with two attached hydrogens (primary N) is 1. The molecule has 0 amide bonds. The number of anilines is 2. The average molecular weight is 463 g/mol. The van der Waals surface area contributed by atoms with Crippen LogP contribution in [0.3, 0.4) is 0 Å². The first-order valence-corrected chi connectivity index (χ1v) is 11.4. The molecule has 2 aromatic carbocycles. The number of hydrogen-bond donors (Lipinski definition) is 2. The number of aromatic nitrogens is 2. The molecule has 3 aromatic rings. The van der Waals surface area contributed by atoms with Crippen molar-refractivity contribution >= 4 is 17.5 Å². The lowest BCUT2D eigenvalue weighted by Gasteiger charge is -2.40. The highest BCUT2D eigenvalue weighted by Gasteiger charge is 2.31. The van der Waals surface area contributed by atoms with Gasteiger partial charge in [-0.3, -0.25) is 0 Å². The van der Waals surface area contributed by atoms with E-state index in [9.17, 15) is 9.90 Å². The molecule has 1 aliphatic rings. The quantitative estimate of drug-likeness (QED) is 0.543. The second kappa shape index (κ2) is 9.69. The van der Waals surface area contributed by atoms with E-state index in [1.165, 1.54) is 0 Å². The van der Waals surface area contributed by atoms with Crippen LogP contribution in [0, 0.1) is 13.8 Å². The number of benzene rings is 2. The van der Waals surface area contributed by atoms with E-state index in [4.69, 9.17) is 15.2 Å². The Hall–Kier alpha value is -3.65. The molecule has 0 radical (unpaired) electrons. The molecule has 34 heavy (non-hydrogen) atoms. The monoisotopic (exact) mass is 462 g/mol. The number of para-hydroxylation sites is 1. The van der Waals surface area contributed by atoms with Gasteiger partial charge in [0.15, 0.2) is 5.82 Å². The smallest absolute Gasteiger partial charge is 0.338 e. The predicted molar refractivity (Wildman–Crippen MR) is 131 cm³/mol. The molecule has 0 saturated carbocycles. The molecule has 2 heterocycles. The number of aryl methyl sites for hydroxylation is 2. The van der Waals surface area contributed by atoms with Crippen LogP contribution >= 0.6 is 0 Å². The van der Waals surface area contributed by atoms with Crippen LogP contribution in [0.4, 0.5) is 11.5 Å². The summed E-state index contributed by atoms with van der Waals surface area (Å²) in [4.78, 5) is 14.5. The summed E-state index contributed by atoms with van der Waals surface area (Å²) < 4.78 is 11.4. The van der Waals surface area contributed by atoms with Crippen LogP contribution in [0.25, 0.3) is 11.3 Å². The Balaban J connectivity index is 1.66. The zero-order chi connectivity index (χ0) is 24.4. The van der Waals surface area contributed by atoms with E-state index >= 15 is 0 Å². The molecule has 2 atom stereocenters. The highest BCUT2D eigenvalue weighted by molar-refractivity contribution is 5.91. The van der Waals surface area contributed by atoms with Gasteiger partial charge in [0, 0.05) is 18.2 Å². The number of hydrogen-bond acceptors (Lipinski definition) is 8. The van der Waals surface area contributed by atoms with E-state index in [1.54, 1.807) is 25.1 Å². The first kappa shape index (κ1) is 23.5. The molecule has 0 aliphatic carbocycles. The predicted octanol–water partition coefficient (Wildman–Crippen LogP) is 4.19. The third-order valence-electron chi connectivity index (χ3n) is 6.18. The Morgan fingerprint density at radius 1 is 1.21 bits per heavy atom. The molecule has 3 N–H and O–H groups in total. The summed E-state index contributed by atoms with van der Waals surface area (Å²) in [5.41, 5.74) is 11.5. The van der Waals surface area contributed by atoms with Crippen LogP contribution in [0.5, 0.6) is 5.75 Å². The zero-order valence-corrected chi connectivity index (χ0v) is 19.9. The summed E-state index contributed by atoms with van der Waals surface area (Å²) in [6, 6.07) is 12.8. The van der Waals surface area contributed by atoms with Crippen molar-refractivity contribution in [3.63, 3.8) is 0 Å². The summed E-state index contributed by atoms with van der Waals surface area (Å²) >= 11 is 0. The highest BCUT2D eigenvalue weighted by Crippen LogP contribution is 2.36. The Bertz CT molecular complexity index is 1210. The van der Waals surface area contributed by atoms with Crippen LogP contribution in [0.1, 0.15) is 47.0 Å². The fourth-order valence-electron chi connectivity index (χ4n) is 4.34. The summed E-state index contributed by atoms with van der Waals surface area (Å²) in [6.45, 7) is 9.13. The average Bonchev–Trinajstić information content (AvgIpc) is 2.82. The number of phenols is 1. The van der Waals surface area contributed by atoms with Crippen LogP contribution in [0.2, 0.25) is 0 Å². The molecule has 8 heteroatoms. The maximum Gasteiger partial charge on any atom is 0.338 e. The van der Waals surface area contributed by atoms with Crippen molar-refractivity contribution in [1.29, 1.82) is 0 Å². The maximum atomic E-state index is 12.3. The first-order valence-electron chi connectivity index (χ1n) is 11.4. The minimum Gasteiger partial charge on any atom is -0.507 e. The van der Waals surface area contributed by atoms with Gasteiger partial charge < -0.3 is 25.2 Å². The van der Waals surface area contributed by atoms with E-state index in [-0.39, 0.29) is 23.9 Å². The molecule has 8 nitrogen and oxygen atoms in total.